The molecule has 0 spiro atoms. The molecule has 0 amide bonds. The Hall–Kier alpha value is -4.29. The number of imidazole rings is 1. The average molecular weight is 546 g/mol. The van der Waals surface area contributed by atoms with Gasteiger partial charge in [0.15, 0.2) is 22.6 Å². The van der Waals surface area contributed by atoms with Crippen LogP contribution in [-0.4, -0.2) is 87.1 Å². The quantitative estimate of drug-likeness (QED) is 0.279. The van der Waals surface area contributed by atoms with E-state index in [1.165, 1.54) is 6.07 Å². The lowest BCUT2D eigenvalue weighted by Crippen LogP contribution is -2.47. The number of hydrogen-bond acceptors (Lipinski definition) is 9. The van der Waals surface area contributed by atoms with Gasteiger partial charge in [-0.15, -0.1) is 5.10 Å². The van der Waals surface area contributed by atoms with Crippen LogP contribution >= 0.6 is 0 Å². The highest BCUT2D eigenvalue weighted by Crippen LogP contribution is 2.26. The molecular weight excluding hydrogens is 513 g/mol. The van der Waals surface area contributed by atoms with Crippen molar-refractivity contribution in [1.82, 2.24) is 34.0 Å². The van der Waals surface area contributed by atoms with Crippen LogP contribution in [0.4, 0.5) is 16.0 Å². The molecule has 5 aromatic rings. The molecule has 1 saturated heterocycles. The first-order valence-electron chi connectivity index (χ1n) is 13.3. The molecule has 0 radical (unpaired) electrons. The number of aromatic nitrogens is 6. The second-order valence-corrected chi connectivity index (χ2v) is 9.85. The third-order valence-corrected chi connectivity index (χ3v) is 7.30. The van der Waals surface area contributed by atoms with Crippen LogP contribution in [0.1, 0.15) is 5.56 Å². The summed E-state index contributed by atoms with van der Waals surface area (Å²) in [6.07, 6.45) is 1.78. The molecule has 6 rings (SSSR count). The van der Waals surface area contributed by atoms with Gasteiger partial charge in [-0.25, -0.2) is 14.4 Å². The zero-order chi connectivity index (χ0) is 27.6. The molecule has 2 aromatic carbocycles. The predicted molar refractivity (Wildman–Crippen MR) is 151 cm³/mol. The number of fused-ring (bicyclic) bond motifs is 3. The van der Waals surface area contributed by atoms with Gasteiger partial charge in [0.05, 0.1) is 18.6 Å². The number of hydrogen-bond donors (Lipinski definition) is 1. The minimum absolute atomic E-state index is 0.266. The van der Waals surface area contributed by atoms with E-state index in [2.05, 4.69) is 24.9 Å². The van der Waals surface area contributed by atoms with Gasteiger partial charge in [-0.05, 0) is 24.6 Å². The highest BCUT2D eigenvalue weighted by molar-refractivity contribution is 5.87. The summed E-state index contributed by atoms with van der Waals surface area (Å²) in [5.41, 5.74) is 10.9. The number of ether oxygens (including phenoxy) is 2. The second kappa shape index (κ2) is 11.1. The Kier molecular flexibility index (Phi) is 7.18. The smallest absolute Gasteiger partial charge is 0.225 e. The third-order valence-electron chi connectivity index (χ3n) is 7.30. The van der Waals surface area contributed by atoms with Crippen LogP contribution < -0.4 is 15.4 Å². The number of methoxy groups -OCH3 is 1. The Morgan fingerprint density at radius 1 is 0.975 bits per heavy atom. The van der Waals surface area contributed by atoms with E-state index in [9.17, 15) is 4.39 Å². The van der Waals surface area contributed by atoms with Gasteiger partial charge in [0.25, 0.3) is 0 Å². The van der Waals surface area contributed by atoms with Gasteiger partial charge < -0.3 is 24.7 Å². The van der Waals surface area contributed by atoms with Crippen molar-refractivity contribution in [3.8, 4) is 17.1 Å². The molecule has 0 unspecified atom stereocenters. The lowest BCUT2D eigenvalue weighted by Gasteiger charge is -2.36. The van der Waals surface area contributed by atoms with Crippen LogP contribution in [0.25, 0.3) is 28.2 Å². The maximum atomic E-state index is 14.8. The fraction of sp³-hybridized carbons (Fsp3) is 0.357. The van der Waals surface area contributed by atoms with Crippen LogP contribution in [0.2, 0.25) is 0 Å². The van der Waals surface area contributed by atoms with Crippen LogP contribution in [0, 0.1) is 12.7 Å². The van der Waals surface area contributed by atoms with Gasteiger partial charge in [-0.1, -0.05) is 24.3 Å². The van der Waals surface area contributed by atoms with Crippen LogP contribution in [0.5, 0.6) is 5.75 Å². The Labute approximate surface area is 231 Å². The van der Waals surface area contributed by atoms with Gasteiger partial charge >= 0.3 is 0 Å². The first-order chi connectivity index (χ1) is 19.5. The Balaban J connectivity index is 1.11. The molecule has 12 heteroatoms. The summed E-state index contributed by atoms with van der Waals surface area (Å²) in [5, 5.41) is 4.60. The number of anilines is 2. The molecule has 40 heavy (non-hydrogen) atoms. The summed E-state index contributed by atoms with van der Waals surface area (Å²) in [6, 6.07) is 13.0. The van der Waals surface area contributed by atoms with E-state index in [1.807, 2.05) is 35.8 Å². The number of nitrogens with zero attached hydrogens (tertiary/aromatic N) is 8. The predicted octanol–water partition coefficient (Wildman–Crippen LogP) is 3.02. The fourth-order valence-corrected chi connectivity index (χ4v) is 5.07. The molecule has 0 saturated carbocycles. The van der Waals surface area contributed by atoms with Crippen molar-refractivity contribution in [3.63, 3.8) is 0 Å². The maximum Gasteiger partial charge on any atom is 0.225 e. The molecule has 0 aliphatic carbocycles. The summed E-state index contributed by atoms with van der Waals surface area (Å²) in [5.74, 6) is 1.09. The number of nitrogen functional groups attached to an aromatic ring is 1. The normalized spacial score (nSPS) is 14.4. The van der Waals surface area contributed by atoms with Gasteiger partial charge in [0.1, 0.15) is 18.2 Å². The Morgan fingerprint density at radius 2 is 1.80 bits per heavy atom. The number of benzene rings is 2. The van der Waals surface area contributed by atoms with Gasteiger partial charge in [-0.2, -0.15) is 9.50 Å². The lowest BCUT2D eigenvalue weighted by atomic mass is 10.1. The van der Waals surface area contributed by atoms with Crippen molar-refractivity contribution in [2.75, 3.05) is 63.7 Å². The summed E-state index contributed by atoms with van der Waals surface area (Å²) < 4.78 is 28.8. The summed E-state index contributed by atoms with van der Waals surface area (Å²) in [7, 11) is 1.61. The Bertz CT molecular complexity index is 1640. The van der Waals surface area contributed by atoms with E-state index < -0.39 is 0 Å². The molecular formula is C28H32FN9O2. The molecule has 1 fully saturated rings. The van der Waals surface area contributed by atoms with Crippen molar-refractivity contribution >= 4 is 28.4 Å². The highest BCUT2D eigenvalue weighted by atomic mass is 19.1. The largest absolute Gasteiger partial charge is 0.491 e. The van der Waals surface area contributed by atoms with Gasteiger partial charge in [0, 0.05) is 58.0 Å². The number of piperazine rings is 1. The number of nitrogens with two attached hydrogens (primary N) is 1. The lowest BCUT2D eigenvalue weighted by molar-refractivity contribution is 0.146. The number of aryl methyl sites for hydroxylation is 1. The summed E-state index contributed by atoms with van der Waals surface area (Å²) >= 11 is 0. The molecule has 1 aliphatic rings. The van der Waals surface area contributed by atoms with Gasteiger partial charge in [0.2, 0.25) is 5.95 Å². The minimum atomic E-state index is -0.276. The molecule has 3 aromatic heterocycles. The van der Waals surface area contributed by atoms with E-state index in [0.717, 1.165) is 43.9 Å². The average Bonchev–Trinajstić information content (AvgIpc) is 3.58. The summed E-state index contributed by atoms with van der Waals surface area (Å²) in [6.45, 7) is 7.49. The third kappa shape index (κ3) is 5.03. The first kappa shape index (κ1) is 26.0. The fourth-order valence-electron chi connectivity index (χ4n) is 5.07. The SMILES string of the molecule is COCCOc1ccc(N2CCN(CCn3cnc4c3nc(N)n3nc(-c5ccccc5C)nc43)CC2)c(F)c1. The molecule has 208 valence electrons. The highest BCUT2D eigenvalue weighted by Gasteiger charge is 2.21. The molecule has 0 bridgehead atoms. The maximum absolute atomic E-state index is 14.8. The first-order valence-corrected chi connectivity index (χ1v) is 13.3. The van der Waals surface area contributed by atoms with Crippen molar-refractivity contribution in [1.29, 1.82) is 0 Å². The number of halogens is 1. The molecule has 1 aliphatic heterocycles. The van der Waals surface area contributed by atoms with Crippen molar-refractivity contribution < 1.29 is 13.9 Å². The number of rotatable bonds is 9. The van der Waals surface area contributed by atoms with E-state index >= 15 is 0 Å². The second-order valence-electron chi connectivity index (χ2n) is 9.85. The van der Waals surface area contributed by atoms with E-state index in [1.54, 1.807) is 30.1 Å². The van der Waals surface area contributed by atoms with E-state index in [-0.39, 0.29) is 11.8 Å². The molecule has 4 heterocycles. The molecule has 2 N–H and O–H groups in total. The topological polar surface area (TPSA) is 112 Å². The van der Waals surface area contributed by atoms with Crippen LogP contribution in [-0.2, 0) is 11.3 Å². The zero-order valence-electron chi connectivity index (χ0n) is 22.6. The van der Waals surface area contributed by atoms with Crippen molar-refractivity contribution in [2.24, 2.45) is 0 Å². The minimum Gasteiger partial charge on any atom is -0.491 e. The molecule has 11 nitrogen and oxygen atoms in total. The van der Waals surface area contributed by atoms with E-state index in [0.29, 0.717) is 53.8 Å². The standard InChI is InChI=1S/C28H32FN9O2/c1-19-5-3-4-6-21(19)25-32-27-24-26(33-28(30)38(27)34-25)37(18-31-24)14-11-35-9-12-36(13-10-35)23-8-7-20(17-22(23)29)40-16-15-39-2/h3-8,17-18H,9-16H2,1-2H3,(H2,30,33). The van der Waals surface area contributed by atoms with Crippen molar-refractivity contribution in [2.45, 2.75) is 13.5 Å². The molecule has 0 atom stereocenters. The monoisotopic (exact) mass is 545 g/mol. The Morgan fingerprint density at radius 3 is 2.58 bits per heavy atom. The summed E-state index contributed by atoms with van der Waals surface area (Å²) in [4.78, 5) is 18.4. The zero-order valence-corrected chi connectivity index (χ0v) is 22.6. The van der Waals surface area contributed by atoms with E-state index in [4.69, 9.17) is 20.2 Å². The van der Waals surface area contributed by atoms with Crippen LogP contribution in [0.3, 0.4) is 0 Å². The van der Waals surface area contributed by atoms with Gasteiger partial charge in [-0.3, -0.25) is 4.90 Å². The van der Waals surface area contributed by atoms with Crippen LogP contribution in [0.15, 0.2) is 48.8 Å². The van der Waals surface area contributed by atoms with Crippen molar-refractivity contribution in [3.05, 3.63) is 60.2 Å².